The van der Waals surface area contributed by atoms with Gasteiger partial charge in [-0.3, -0.25) is 0 Å². The van der Waals surface area contributed by atoms with Crippen LogP contribution in [0, 0.1) is 24.2 Å². The van der Waals surface area contributed by atoms with Gasteiger partial charge in [0.25, 0.3) is 0 Å². The first kappa shape index (κ1) is 43.0. The normalized spacial score (nSPS) is 18.3. The molecule has 1 atom stereocenters. The average Bonchev–Trinajstić information content (AvgIpc) is 3.09. The van der Waals surface area contributed by atoms with E-state index in [4.69, 9.17) is 6.42 Å². The third kappa shape index (κ3) is 20.7. The van der Waals surface area contributed by atoms with Gasteiger partial charge in [-0.2, -0.15) is 0 Å². The van der Waals surface area contributed by atoms with Gasteiger partial charge in [0.05, 0.1) is 0 Å². The lowest BCUT2D eigenvalue weighted by molar-refractivity contribution is 0.166. The van der Waals surface area contributed by atoms with Crippen LogP contribution in [0.3, 0.4) is 0 Å². The van der Waals surface area contributed by atoms with Crippen molar-refractivity contribution in [3.05, 3.63) is 70.9 Å². The molecular formula is C44H75N. The van der Waals surface area contributed by atoms with E-state index in [1.54, 1.807) is 11.1 Å². The maximum absolute atomic E-state index is 5.63. The third-order valence-electron chi connectivity index (χ3n) is 9.10. The second-order valence-electron chi connectivity index (χ2n) is 12.7. The molecule has 45 heavy (non-hydrogen) atoms. The van der Waals surface area contributed by atoms with Crippen molar-refractivity contribution >= 4 is 0 Å². The molecule has 1 saturated heterocycles. The molecule has 0 spiro atoms. The number of allylic oxidation sites excluding steroid dienone is 12. The number of piperidine rings is 1. The zero-order chi connectivity index (χ0) is 33.5. The monoisotopic (exact) mass is 618 g/mol. The molecular weight excluding hydrogens is 542 g/mol. The Balaban J connectivity index is 0.000000759. The van der Waals surface area contributed by atoms with E-state index >= 15 is 0 Å². The number of unbranched alkanes of at least 4 members (excludes halogenated alkanes) is 4. The Morgan fingerprint density at radius 1 is 0.956 bits per heavy atom. The fourth-order valence-electron chi connectivity index (χ4n) is 6.53. The van der Waals surface area contributed by atoms with Crippen LogP contribution in [0.5, 0.6) is 0 Å². The Morgan fingerprint density at radius 3 is 2.20 bits per heavy atom. The van der Waals surface area contributed by atoms with Gasteiger partial charge in [-0.1, -0.05) is 127 Å². The van der Waals surface area contributed by atoms with Crippen molar-refractivity contribution in [2.75, 3.05) is 19.6 Å². The molecule has 1 aliphatic heterocycles. The van der Waals surface area contributed by atoms with Crippen molar-refractivity contribution in [3.63, 3.8) is 0 Å². The highest BCUT2D eigenvalue weighted by Gasteiger charge is 2.30. The fraction of sp³-hybridized carbons (Fsp3) is 0.682. The minimum atomic E-state index is 0.460. The summed E-state index contributed by atoms with van der Waals surface area (Å²) >= 11 is 0. The van der Waals surface area contributed by atoms with Crippen molar-refractivity contribution in [1.29, 1.82) is 0 Å². The van der Waals surface area contributed by atoms with Gasteiger partial charge in [0.15, 0.2) is 0 Å². The predicted octanol–water partition coefficient (Wildman–Crippen LogP) is 13.8. The molecule has 0 amide bonds. The van der Waals surface area contributed by atoms with E-state index in [0.717, 1.165) is 6.42 Å². The molecule has 0 N–H and O–H groups in total. The van der Waals surface area contributed by atoms with E-state index in [9.17, 15) is 0 Å². The molecule has 0 saturated carbocycles. The Kier molecular flexibility index (Phi) is 29.2. The van der Waals surface area contributed by atoms with E-state index < -0.39 is 0 Å². The predicted molar refractivity (Wildman–Crippen MR) is 207 cm³/mol. The number of nitrogens with zero attached hydrogens (tertiary/aromatic N) is 1. The Bertz CT molecular complexity index is 922. The van der Waals surface area contributed by atoms with Crippen LogP contribution in [0.1, 0.15) is 165 Å². The summed E-state index contributed by atoms with van der Waals surface area (Å²) in [7, 11) is 0. The molecule has 0 radical (unpaired) electrons. The molecule has 3 aliphatic rings. The van der Waals surface area contributed by atoms with Gasteiger partial charge in [-0.05, 0) is 140 Å². The van der Waals surface area contributed by atoms with Crippen LogP contribution in [0.15, 0.2) is 70.9 Å². The molecule has 1 fully saturated rings. The first-order valence-corrected chi connectivity index (χ1v) is 19.3. The van der Waals surface area contributed by atoms with Crippen LogP contribution in [0.4, 0.5) is 0 Å². The van der Waals surface area contributed by atoms with Gasteiger partial charge < -0.3 is 4.90 Å². The minimum absolute atomic E-state index is 0.460. The second kappa shape index (κ2) is 30.6. The summed E-state index contributed by atoms with van der Waals surface area (Å²) in [6, 6.07) is 0. The zero-order valence-corrected chi connectivity index (χ0v) is 31.4. The van der Waals surface area contributed by atoms with Crippen LogP contribution >= 0.6 is 0 Å². The highest BCUT2D eigenvalue weighted by molar-refractivity contribution is 5.40. The molecule has 1 heterocycles. The Labute approximate surface area is 283 Å². The summed E-state index contributed by atoms with van der Waals surface area (Å²) in [4.78, 5) is 2.64. The second-order valence-corrected chi connectivity index (χ2v) is 12.7. The van der Waals surface area contributed by atoms with E-state index in [-0.39, 0.29) is 0 Å². The van der Waals surface area contributed by atoms with E-state index in [0.29, 0.717) is 11.8 Å². The van der Waals surface area contributed by atoms with E-state index in [2.05, 4.69) is 94.9 Å². The van der Waals surface area contributed by atoms with Crippen LogP contribution in [0.2, 0.25) is 0 Å². The average molecular weight is 618 g/mol. The quantitative estimate of drug-likeness (QED) is 0.0811. The molecule has 1 nitrogen and oxygen atoms in total. The summed E-state index contributed by atoms with van der Waals surface area (Å²) in [6.45, 7) is 21.0. The number of hydrogen-bond donors (Lipinski definition) is 0. The number of rotatable bonds is 14. The van der Waals surface area contributed by atoms with Crippen molar-refractivity contribution in [3.8, 4) is 12.3 Å². The summed E-state index contributed by atoms with van der Waals surface area (Å²) in [5, 5.41) is 0. The van der Waals surface area contributed by atoms with E-state index in [1.165, 1.54) is 134 Å². The first-order chi connectivity index (χ1) is 22.0. The van der Waals surface area contributed by atoms with Gasteiger partial charge in [-0.25, -0.2) is 0 Å². The van der Waals surface area contributed by atoms with Crippen molar-refractivity contribution in [2.45, 2.75) is 165 Å². The van der Waals surface area contributed by atoms with Crippen molar-refractivity contribution in [1.82, 2.24) is 4.90 Å². The topological polar surface area (TPSA) is 3.24 Å². The smallest absolute Gasteiger partial charge is 0.0121 e. The lowest BCUT2D eigenvalue weighted by Gasteiger charge is -2.37. The molecule has 0 aromatic rings. The van der Waals surface area contributed by atoms with Crippen LogP contribution in [0.25, 0.3) is 0 Å². The Morgan fingerprint density at radius 2 is 1.69 bits per heavy atom. The molecule has 1 unspecified atom stereocenters. The Hall–Kier alpha value is -2.04. The summed E-state index contributed by atoms with van der Waals surface area (Å²) in [5.41, 5.74) is 6.04. The molecule has 1 heteroatoms. The summed E-state index contributed by atoms with van der Waals surface area (Å²) < 4.78 is 0. The number of likely N-dealkylation sites (tertiary alicyclic amines) is 1. The molecule has 0 aromatic heterocycles. The maximum Gasteiger partial charge on any atom is 0.0121 e. The minimum Gasteiger partial charge on any atom is -0.303 e. The standard InChI is InChI=1S/C23H33N.C11H22.C8H14.C2H6/c1-4-7-17-24-18-15-22(16-19-24)23(20(11-5-2)12-6-3)21-13-9-8-10-14-21;1-4-6-7-8-10-11(3)9-5-2;1-2-8-6-4-3-5-7-8;1-2/h2,6,9,11-14,22-23H,4,7-8,10,15-19H2,1,3H3;9H,4-8,10H2,1-3H3;6H,2-5,7H2,1H3;1-2H3/b12-6-,20-11+;;;. The van der Waals surface area contributed by atoms with Gasteiger partial charge >= 0.3 is 0 Å². The summed E-state index contributed by atoms with van der Waals surface area (Å²) in [5.74, 6) is 3.93. The van der Waals surface area contributed by atoms with Crippen LogP contribution < -0.4 is 0 Å². The largest absolute Gasteiger partial charge is 0.303 e. The highest BCUT2D eigenvalue weighted by atomic mass is 15.1. The lowest BCUT2D eigenvalue weighted by Crippen LogP contribution is -2.37. The maximum atomic E-state index is 5.63. The van der Waals surface area contributed by atoms with Crippen molar-refractivity contribution in [2.24, 2.45) is 11.8 Å². The van der Waals surface area contributed by atoms with Crippen LogP contribution in [-0.2, 0) is 0 Å². The molecule has 3 rings (SSSR count). The zero-order valence-electron chi connectivity index (χ0n) is 31.4. The molecule has 2 aliphatic carbocycles. The SMILES string of the molecule is C#C/C=C(\C=C/C)C(C1=CCCC=C1)C1CCN(CCCC)CC1.CC.CCC1=CCCCC1.CCC=C(C)CCCCCC. The molecule has 0 bridgehead atoms. The van der Waals surface area contributed by atoms with Crippen molar-refractivity contribution < 1.29 is 0 Å². The lowest BCUT2D eigenvalue weighted by atomic mass is 9.74. The van der Waals surface area contributed by atoms with Gasteiger partial charge in [0.1, 0.15) is 0 Å². The number of terminal acetylenes is 1. The first-order valence-electron chi connectivity index (χ1n) is 19.3. The van der Waals surface area contributed by atoms with Gasteiger partial charge in [0, 0.05) is 5.92 Å². The molecule has 256 valence electrons. The van der Waals surface area contributed by atoms with Gasteiger partial charge in [0.2, 0.25) is 0 Å². The van der Waals surface area contributed by atoms with E-state index in [1.807, 2.05) is 19.9 Å². The van der Waals surface area contributed by atoms with Gasteiger partial charge in [-0.15, -0.1) is 6.42 Å². The third-order valence-corrected chi connectivity index (χ3v) is 9.10. The summed E-state index contributed by atoms with van der Waals surface area (Å²) in [6.07, 6.45) is 46.2. The number of hydrogen-bond acceptors (Lipinski definition) is 1. The highest BCUT2D eigenvalue weighted by Crippen LogP contribution is 2.38. The molecule has 0 aromatic carbocycles. The van der Waals surface area contributed by atoms with Crippen LogP contribution in [-0.4, -0.2) is 24.5 Å². The fourth-order valence-corrected chi connectivity index (χ4v) is 6.53.